The van der Waals surface area contributed by atoms with Gasteiger partial charge in [0.25, 0.3) is 0 Å². The van der Waals surface area contributed by atoms with Crippen molar-refractivity contribution in [2.24, 2.45) is 5.73 Å². The Morgan fingerprint density at radius 3 is 2.76 bits per heavy atom. The number of hydrogen-bond acceptors (Lipinski definition) is 3. The molecule has 0 heterocycles. The first kappa shape index (κ1) is 14.4. The van der Waals surface area contributed by atoms with Gasteiger partial charge in [0.15, 0.2) is 0 Å². The average molecular weight is 253 g/mol. The lowest BCUT2D eigenvalue weighted by Gasteiger charge is -2.14. The first-order valence-corrected chi connectivity index (χ1v) is 7.47. The summed E-state index contributed by atoms with van der Waals surface area (Å²) in [5, 5.41) is 0. The second kappa shape index (κ2) is 8.43. The molecule has 2 N–H and O–H groups in total. The first-order chi connectivity index (χ1) is 8.27. The maximum atomic E-state index is 5.99. The highest BCUT2D eigenvalue weighted by Gasteiger charge is 2.06. The fraction of sp³-hybridized carbons (Fsp3) is 0.571. The lowest BCUT2D eigenvalue weighted by molar-refractivity contribution is 0.339. The molecule has 0 saturated heterocycles. The van der Waals surface area contributed by atoms with E-state index in [-0.39, 0.29) is 6.04 Å². The highest BCUT2D eigenvalue weighted by Crippen LogP contribution is 2.20. The minimum absolute atomic E-state index is 0.227. The smallest absolute Gasteiger partial charge is 0.122 e. The molecule has 3 heteroatoms. The topological polar surface area (TPSA) is 35.2 Å². The minimum atomic E-state index is 0.227. The molecule has 96 valence electrons. The number of nitrogens with two attached hydrogens (primary N) is 1. The van der Waals surface area contributed by atoms with Crippen LogP contribution in [0.3, 0.4) is 0 Å². The van der Waals surface area contributed by atoms with E-state index in [2.05, 4.69) is 19.9 Å². The van der Waals surface area contributed by atoms with Crippen LogP contribution in [0.5, 0.6) is 5.75 Å². The van der Waals surface area contributed by atoms with Crippen molar-refractivity contribution in [3.8, 4) is 5.75 Å². The quantitative estimate of drug-likeness (QED) is 0.723. The van der Waals surface area contributed by atoms with E-state index in [1.807, 2.05) is 30.0 Å². The van der Waals surface area contributed by atoms with Gasteiger partial charge in [0, 0.05) is 11.8 Å². The van der Waals surface area contributed by atoms with Gasteiger partial charge in [-0.2, -0.15) is 11.8 Å². The van der Waals surface area contributed by atoms with Crippen molar-refractivity contribution < 1.29 is 4.74 Å². The van der Waals surface area contributed by atoms with Crippen LogP contribution in [0, 0.1) is 0 Å². The monoisotopic (exact) mass is 253 g/mol. The molecule has 0 radical (unpaired) electrons. The van der Waals surface area contributed by atoms with Crippen LogP contribution in [0.4, 0.5) is 0 Å². The average Bonchev–Trinajstić information content (AvgIpc) is 2.36. The van der Waals surface area contributed by atoms with Crippen LogP contribution < -0.4 is 10.5 Å². The van der Waals surface area contributed by atoms with Gasteiger partial charge in [-0.1, -0.05) is 32.0 Å². The summed E-state index contributed by atoms with van der Waals surface area (Å²) in [4.78, 5) is 0. The van der Waals surface area contributed by atoms with Gasteiger partial charge in [-0.3, -0.25) is 0 Å². The molecule has 0 saturated carbocycles. The van der Waals surface area contributed by atoms with Crippen molar-refractivity contribution in [1.29, 1.82) is 0 Å². The van der Waals surface area contributed by atoms with Crippen molar-refractivity contribution in [2.45, 2.75) is 32.7 Å². The van der Waals surface area contributed by atoms with Crippen molar-refractivity contribution >= 4 is 11.8 Å². The van der Waals surface area contributed by atoms with Crippen LogP contribution in [0.15, 0.2) is 24.3 Å². The van der Waals surface area contributed by atoms with E-state index in [1.54, 1.807) is 0 Å². The van der Waals surface area contributed by atoms with Crippen LogP contribution in [-0.2, 0) is 6.42 Å². The van der Waals surface area contributed by atoms with Gasteiger partial charge in [-0.15, -0.1) is 0 Å². The molecule has 0 aliphatic heterocycles. The molecule has 1 aromatic carbocycles. The number of benzene rings is 1. The zero-order valence-electron chi connectivity index (χ0n) is 10.8. The largest absolute Gasteiger partial charge is 0.492 e. The Morgan fingerprint density at radius 2 is 2.06 bits per heavy atom. The Kier molecular flexibility index (Phi) is 7.13. The first-order valence-electron chi connectivity index (χ1n) is 6.32. The normalized spacial score (nSPS) is 12.4. The Morgan fingerprint density at radius 1 is 1.29 bits per heavy atom. The highest BCUT2D eigenvalue weighted by molar-refractivity contribution is 7.99. The van der Waals surface area contributed by atoms with E-state index >= 15 is 0 Å². The standard InChI is InChI=1S/C14H23NOS/c1-3-13(15)11-12-7-5-6-8-14(12)16-9-10-17-4-2/h5-8,13H,3-4,9-11,15H2,1-2H3. The van der Waals surface area contributed by atoms with E-state index in [9.17, 15) is 0 Å². The van der Waals surface area contributed by atoms with Gasteiger partial charge in [-0.05, 0) is 30.2 Å². The van der Waals surface area contributed by atoms with Gasteiger partial charge in [-0.25, -0.2) is 0 Å². The Hall–Kier alpha value is -0.670. The summed E-state index contributed by atoms with van der Waals surface area (Å²) in [5.41, 5.74) is 7.22. The zero-order chi connectivity index (χ0) is 12.5. The lowest BCUT2D eigenvalue weighted by atomic mass is 10.0. The fourth-order valence-electron chi connectivity index (χ4n) is 1.59. The van der Waals surface area contributed by atoms with Gasteiger partial charge in [0.2, 0.25) is 0 Å². The highest BCUT2D eigenvalue weighted by atomic mass is 32.2. The molecule has 1 rings (SSSR count). The van der Waals surface area contributed by atoms with Crippen LogP contribution in [-0.4, -0.2) is 24.2 Å². The third-order valence-electron chi connectivity index (χ3n) is 2.67. The number of thioether (sulfide) groups is 1. The van der Waals surface area contributed by atoms with Crippen LogP contribution in [0.25, 0.3) is 0 Å². The molecule has 0 aromatic heterocycles. The molecule has 2 nitrogen and oxygen atoms in total. The summed E-state index contributed by atoms with van der Waals surface area (Å²) in [6.45, 7) is 5.06. The zero-order valence-corrected chi connectivity index (χ0v) is 11.6. The minimum Gasteiger partial charge on any atom is -0.492 e. The molecule has 0 fully saturated rings. The molecule has 0 bridgehead atoms. The summed E-state index contributed by atoms with van der Waals surface area (Å²) >= 11 is 1.90. The summed E-state index contributed by atoms with van der Waals surface area (Å²) in [6, 6.07) is 8.44. The molecular weight excluding hydrogens is 230 g/mol. The molecule has 0 spiro atoms. The molecule has 0 aliphatic carbocycles. The molecule has 0 aliphatic rings. The molecule has 1 unspecified atom stereocenters. The van der Waals surface area contributed by atoms with Crippen LogP contribution in [0.1, 0.15) is 25.8 Å². The molecule has 17 heavy (non-hydrogen) atoms. The predicted molar refractivity (Wildman–Crippen MR) is 76.9 cm³/mol. The van der Waals surface area contributed by atoms with E-state index in [0.29, 0.717) is 0 Å². The number of ether oxygens (including phenoxy) is 1. The van der Waals surface area contributed by atoms with E-state index in [1.165, 1.54) is 5.56 Å². The van der Waals surface area contributed by atoms with Gasteiger partial charge < -0.3 is 10.5 Å². The number of rotatable bonds is 8. The predicted octanol–water partition coefficient (Wildman–Crippen LogP) is 3.10. The summed E-state index contributed by atoms with van der Waals surface area (Å²) in [6.07, 6.45) is 1.90. The van der Waals surface area contributed by atoms with Crippen molar-refractivity contribution in [1.82, 2.24) is 0 Å². The Labute approximate surface area is 109 Å². The van der Waals surface area contributed by atoms with E-state index < -0.39 is 0 Å². The van der Waals surface area contributed by atoms with Crippen molar-refractivity contribution in [3.05, 3.63) is 29.8 Å². The fourth-order valence-corrected chi connectivity index (χ4v) is 2.08. The molecule has 0 amide bonds. The second-order valence-corrected chi connectivity index (χ2v) is 5.42. The van der Waals surface area contributed by atoms with Gasteiger partial charge in [0.05, 0.1) is 6.61 Å². The maximum absolute atomic E-state index is 5.99. The third kappa shape index (κ3) is 5.46. The summed E-state index contributed by atoms with van der Waals surface area (Å²) in [5.74, 6) is 3.18. The maximum Gasteiger partial charge on any atom is 0.122 e. The lowest BCUT2D eigenvalue weighted by Crippen LogP contribution is -2.21. The number of hydrogen-bond donors (Lipinski definition) is 1. The van der Waals surface area contributed by atoms with E-state index in [4.69, 9.17) is 10.5 Å². The van der Waals surface area contributed by atoms with Crippen molar-refractivity contribution in [3.63, 3.8) is 0 Å². The second-order valence-electron chi connectivity index (χ2n) is 4.03. The van der Waals surface area contributed by atoms with Gasteiger partial charge >= 0.3 is 0 Å². The van der Waals surface area contributed by atoms with E-state index in [0.717, 1.165) is 36.7 Å². The Bertz CT molecular complexity index is 317. The third-order valence-corrected chi connectivity index (χ3v) is 3.53. The summed E-state index contributed by atoms with van der Waals surface area (Å²) in [7, 11) is 0. The van der Waals surface area contributed by atoms with Gasteiger partial charge in [0.1, 0.15) is 5.75 Å². The number of para-hydroxylation sites is 1. The summed E-state index contributed by atoms with van der Waals surface area (Å²) < 4.78 is 5.81. The molecular formula is C14H23NOS. The van der Waals surface area contributed by atoms with Crippen LogP contribution >= 0.6 is 11.8 Å². The van der Waals surface area contributed by atoms with Crippen LogP contribution in [0.2, 0.25) is 0 Å². The molecule has 1 atom stereocenters. The van der Waals surface area contributed by atoms with Crippen molar-refractivity contribution in [2.75, 3.05) is 18.1 Å². The SMILES string of the molecule is CCSCCOc1ccccc1CC(N)CC. The molecule has 1 aromatic rings. The Balaban J connectivity index is 2.51.